The monoisotopic (exact) mass is 753 g/mol. The van der Waals surface area contributed by atoms with Crippen molar-refractivity contribution in [3.63, 3.8) is 0 Å². The van der Waals surface area contributed by atoms with Gasteiger partial charge < -0.3 is 23.2 Å². The van der Waals surface area contributed by atoms with Crippen LogP contribution in [0.3, 0.4) is 0 Å². The first kappa shape index (κ1) is 50.2. The van der Waals surface area contributed by atoms with Gasteiger partial charge >= 0.3 is 8.60 Å². The van der Waals surface area contributed by atoms with Gasteiger partial charge in [-0.15, -0.1) is 0 Å². The second-order valence-corrected chi connectivity index (χ2v) is 19.3. The zero-order valence-corrected chi connectivity index (χ0v) is 35.8. The Morgan fingerprint density at radius 3 is 1.30 bits per heavy atom. The SMILES string of the molecule is CCCCCCCCCCCCCCCCOCC(COP(O)OCC[N+](C)(C)C)CS(=O)(=O)CCCCCCCCCCCCCCCC. The molecule has 50 heavy (non-hydrogen) atoms. The van der Waals surface area contributed by atoms with Crippen molar-refractivity contribution >= 4 is 18.4 Å². The molecule has 0 aliphatic carbocycles. The second-order valence-electron chi connectivity index (χ2n) is 16.1. The number of unbranched alkanes of at least 4 members (excludes halogenated alkanes) is 26. The van der Waals surface area contributed by atoms with Gasteiger partial charge in [-0.1, -0.05) is 181 Å². The number of sulfone groups is 1. The molecular weight excluding hydrogens is 665 g/mol. The van der Waals surface area contributed by atoms with E-state index in [1.54, 1.807) is 0 Å². The third-order valence-corrected chi connectivity index (χ3v) is 12.3. The minimum absolute atomic E-state index is 0.0340. The van der Waals surface area contributed by atoms with Crippen LogP contribution in [0.1, 0.15) is 194 Å². The molecule has 2 atom stereocenters. The summed E-state index contributed by atoms with van der Waals surface area (Å²) < 4.78 is 43.9. The molecule has 0 aliphatic heterocycles. The lowest BCUT2D eigenvalue weighted by molar-refractivity contribution is -0.870. The third-order valence-electron chi connectivity index (χ3n) is 9.68. The maximum absolute atomic E-state index is 13.1. The highest BCUT2D eigenvalue weighted by Crippen LogP contribution is 2.33. The van der Waals surface area contributed by atoms with Gasteiger partial charge in [0, 0.05) is 12.5 Å². The molecule has 0 saturated heterocycles. The molecule has 302 valence electrons. The number of hydrogen-bond acceptors (Lipinski definition) is 6. The van der Waals surface area contributed by atoms with Gasteiger partial charge in [0.2, 0.25) is 0 Å². The number of nitrogens with zero attached hydrogens (tertiary/aromatic N) is 1. The summed E-state index contributed by atoms with van der Waals surface area (Å²) in [5, 5.41) is 0. The van der Waals surface area contributed by atoms with Gasteiger partial charge in [0.15, 0.2) is 9.84 Å². The van der Waals surface area contributed by atoms with Crippen molar-refractivity contribution in [1.29, 1.82) is 0 Å². The molecular formula is C41H87NO6PS+. The zero-order valence-electron chi connectivity index (χ0n) is 34.1. The fourth-order valence-electron chi connectivity index (χ4n) is 6.35. The summed E-state index contributed by atoms with van der Waals surface area (Å²) in [6.07, 6.45) is 36.0. The van der Waals surface area contributed by atoms with E-state index in [4.69, 9.17) is 13.8 Å². The van der Waals surface area contributed by atoms with E-state index in [2.05, 4.69) is 35.0 Å². The molecule has 9 heteroatoms. The van der Waals surface area contributed by atoms with E-state index in [0.29, 0.717) is 26.2 Å². The van der Waals surface area contributed by atoms with Crippen molar-refractivity contribution < 1.29 is 31.6 Å². The van der Waals surface area contributed by atoms with Crippen molar-refractivity contribution in [2.24, 2.45) is 5.92 Å². The van der Waals surface area contributed by atoms with E-state index >= 15 is 0 Å². The van der Waals surface area contributed by atoms with E-state index < -0.39 is 18.4 Å². The van der Waals surface area contributed by atoms with Crippen LogP contribution in [0.5, 0.6) is 0 Å². The molecule has 0 fully saturated rings. The van der Waals surface area contributed by atoms with Crippen LogP contribution in [0, 0.1) is 5.92 Å². The predicted molar refractivity (Wildman–Crippen MR) is 218 cm³/mol. The Morgan fingerprint density at radius 2 is 0.900 bits per heavy atom. The zero-order chi connectivity index (χ0) is 37.0. The summed E-state index contributed by atoms with van der Waals surface area (Å²) in [7, 11) is 0.936. The number of ether oxygens (including phenoxy) is 1. The minimum Gasteiger partial charge on any atom is -0.381 e. The van der Waals surface area contributed by atoms with Crippen LogP contribution in [-0.2, 0) is 23.6 Å². The predicted octanol–water partition coefficient (Wildman–Crippen LogP) is 12.0. The summed E-state index contributed by atoms with van der Waals surface area (Å²) in [5.41, 5.74) is 0. The first-order valence-corrected chi connectivity index (χ1v) is 24.4. The number of likely N-dealkylation sites (N-methyl/N-ethyl adjacent to an activating group) is 1. The van der Waals surface area contributed by atoms with Crippen LogP contribution >= 0.6 is 8.60 Å². The fourth-order valence-corrected chi connectivity index (χ4v) is 8.72. The maximum atomic E-state index is 13.1. The average molecular weight is 753 g/mol. The van der Waals surface area contributed by atoms with E-state index in [9.17, 15) is 13.3 Å². The number of rotatable bonds is 41. The van der Waals surface area contributed by atoms with Crippen molar-refractivity contribution in [3.8, 4) is 0 Å². The van der Waals surface area contributed by atoms with E-state index in [1.807, 2.05) is 0 Å². The molecule has 0 rings (SSSR count). The van der Waals surface area contributed by atoms with Gasteiger partial charge in [-0.2, -0.15) is 0 Å². The first-order valence-electron chi connectivity index (χ1n) is 21.4. The highest BCUT2D eigenvalue weighted by Gasteiger charge is 2.22. The third kappa shape index (κ3) is 39.4. The maximum Gasteiger partial charge on any atom is 0.330 e. The molecule has 0 saturated carbocycles. The van der Waals surface area contributed by atoms with Gasteiger partial charge in [-0.3, -0.25) is 0 Å². The lowest BCUT2D eigenvalue weighted by atomic mass is 10.0. The fraction of sp³-hybridized carbons (Fsp3) is 1.00. The number of quaternary nitrogens is 1. The molecule has 1 N–H and O–H groups in total. The molecule has 0 aromatic carbocycles. The van der Waals surface area contributed by atoms with E-state index in [0.717, 1.165) is 36.7 Å². The molecule has 0 aliphatic rings. The van der Waals surface area contributed by atoms with Crippen LogP contribution in [0.15, 0.2) is 0 Å². The Bertz CT molecular complexity index is 794. The van der Waals surface area contributed by atoms with Crippen molar-refractivity contribution in [1.82, 2.24) is 0 Å². The average Bonchev–Trinajstić information content (AvgIpc) is 3.06. The lowest BCUT2D eigenvalue weighted by Gasteiger charge is -2.24. The van der Waals surface area contributed by atoms with Crippen molar-refractivity contribution in [3.05, 3.63) is 0 Å². The highest BCUT2D eigenvalue weighted by molar-refractivity contribution is 7.91. The minimum atomic E-state index is -3.23. The van der Waals surface area contributed by atoms with Crippen molar-refractivity contribution in [2.75, 3.05) is 65.6 Å². The van der Waals surface area contributed by atoms with E-state index in [-0.39, 0.29) is 24.0 Å². The first-order chi connectivity index (χ1) is 24.1. The smallest absolute Gasteiger partial charge is 0.330 e. The molecule has 0 spiro atoms. The molecule has 0 aromatic heterocycles. The summed E-state index contributed by atoms with van der Waals surface area (Å²) in [4.78, 5) is 10.3. The molecule has 0 bridgehead atoms. The van der Waals surface area contributed by atoms with Gasteiger partial charge in [0.05, 0.1) is 45.9 Å². The number of hydrogen-bond donors (Lipinski definition) is 1. The summed E-state index contributed by atoms with van der Waals surface area (Å²) >= 11 is 0. The largest absolute Gasteiger partial charge is 0.381 e. The van der Waals surface area contributed by atoms with Gasteiger partial charge in [0.25, 0.3) is 0 Å². The Balaban J connectivity index is 4.24. The Hall–Kier alpha value is 0.180. The second kappa shape index (κ2) is 36.2. The van der Waals surface area contributed by atoms with Crippen molar-refractivity contribution in [2.45, 2.75) is 194 Å². The Kier molecular flexibility index (Phi) is 36.3. The molecule has 0 radical (unpaired) electrons. The van der Waals surface area contributed by atoms with E-state index in [1.165, 1.54) is 148 Å². The van der Waals surface area contributed by atoms with Crippen LogP contribution in [-0.4, -0.2) is 83.4 Å². The molecule has 7 nitrogen and oxygen atoms in total. The normalized spacial score (nSPS) is 13.6. The van der Waals surface area contributed by atoms with Crippen LogP contribution < -0.4 is 0 Å². The Labute approximate surface area is 314 Å². The molecule has 0 heterocycles. The topological polar surface area (TPSA) is 82.1 Å². The highest BCUT2D eigenvalue weighted by atomic mass is 32.2. The van der Waals surface area contributed by atoms with Gasteiger partial charge in [-0.05, 0) is 12.8 Å². The van der Waals surface area contributed by atoms with Crippen LogP contribution in [0.2, 0.25) is 0 Å². The molecule has 2 unspecified atom stereocenters. The molecule has 0 amide bonds. The standard InChI is InChI=1S/C41H87NO6PS/c1-6-8-10-12-14-16-18-20-22-24-26-28-30-32-35-46-38-41(39-48-49(43)47-36-34-42(3,4)5)40-50(44,45)37-33-31-29-27-25-23-21-19-17-15-13-11-9-7-2/h41,43H,6-40H2,1-5H3/q+1. The van der Waals surface area contributed by atoms with Crippen LogP contribution in [0.25, 0.3) is 0 Å². The quantitative estimate of drug-likeness (QED) is 0.0380. The lowest BCUT2D eigenvalue weighted by Crippen LogP contribution is -2.37. The van der Waals surface area contributed by atoms with Gasteiger partial charge in [0.1, 0.15) is 13.2 Å². The summed E-state index contributed by atoms with van der Waals surface area (Å²) in [5.74, 6) is -0.0573. The van der Waals surface area contributed by atoms with Crippen LogP contribution in [0.4, 0.5) is 0 Å². The Morgan fingerprint density at radius 1 is 0.520 bits per heavy atom. The van der Waals surface area contributed by atoms with Gasteiger partial charge in [-0.25, -0.2) is 8.42 Å². The molecule has 0 aromatic rings. The summed E-state index contributed by atoms with van der Waals surface area (Å²) in [6.45, 7) is 6.79. The summed E-state index contributed by atoms with van der Waals surface area (Å²) in [6, 6.07) is 0.